The number of carboxylic acid groups (broad SMARTS) is 1. The molecular formula is C7H4AgN3O2. The Hall–Kier alpha value is -1.17. The van der Waals surface area contributed by atoms with Gasteiger partial charge in [0.05, 0.1) is 11.5 Å². The fourth-order valence-electron chi connectivity index (χ4n) is 1.04. The molecule has 0 amide bonds. The molecule has 0 saturated carbocycles. The SMILES string of the molecule is O=C([O-])c1cccc2[nH]nnc12.[Ag+]. The number of fused-ring (bicyclic) bond motifs is 1. The average molecular weight is 270 g/mol. The van der Waals surface area contributed by atoms with Crippen LogP contribution in [0.1, 0.15) is 10.4 Å². The first-order valence-corrected chi connectivity index (χ1v) is 3.30. The third-order valence-corrected chi connectivity index (χ3v) is 1.58. The molecule has 0 bridgehead atoms. The molecule has 1 aromatic carbocycles. The van der Waals surface area contributed by atoms with Gasteiger partial charge in [-0.2, -0.15) is 0 Å². The number of rotatable bonds is 1. The van der Waals surface area contributed by atoms with Crippen molar-refractivity contribution < 1.29 is 32.3 Å². The van der Waals surface area contributed by atoms with Gasteiger partial charge in [0.2, 0.25) is 0 Å². The second-order valence-electron chi connectivity index (χ2n) is 2.30. The van der Waals surface area contributed by atoms with Crippen molar-refractivity contribution in [1.29, 1.82) is 0 Å². The third kappa shape index (κ3) is 1.62. The van der Waals surface area contributed by atoms with E-state index in [0.717, 1.165) is 0 Å². The Morgan fingerprint density at radius 3 is 2.92 bits per heavy atom. The number of hydrogen-bond donors (Lipinski definition) is 1. The number of nitrogens with zero attached hydrogens (tertiary/aromatic N) is 2. The maximum Gasteiger partial charge on any atom is 1.00 e. The summed E-state index contributed by atoms with van der Waals surface area (Å²) in [6.07, 6.45) is 0. The van der Waals surface area contributed by atoms with Crippen LogP contribution in [0.2, 0.25) is 0 Å². The van der Waals surface area contributed by atoms with Gasteiger partial charge in [-0.05, 0) is 6.07 Å². The Kier molecular flexibility index (Phi) is 2.82. The van der Waals surface area contributed by atoms with Crippen molar-refractivity contribution in [3.05, 3.63) is 23.8 Å². The molecule has 0 spiro atoms. The molecule has 6 heteroatoms. The second-order valence-corrected chi connectivity index (χ2v) is 2.30. The monoisotopic (exact) mass is 269 g/mol. The summed E-state index contributed by atoms with van der Waals surface area (Å²) in [5, 5.41) is 20.2. The first-order valence-electron chi connectivity index (χ1n) is 3.30. The van der Waals surface area contributed by atoms with Crippen LogP contribution < -0.4 is 5.11 Å². The van der Waals surface area contributed by atoms with Crippen molar-refractivity contribution in [2.75, 3.05) is 0 Å². The zero-order valence-electron chi connectivity index (χ0n) is 6.24. The summed E-state index contributed by atoms with van der Waals surface area (Å²) >= 11 is 0. The maximum atomic E-state index is 10.5. The van der Waals surface area contributed by atoms with Gasteiger partial charge in [-0.1, -0.05) is 17.3 Å². The Labute approximate surface area is 88.7 Å². The summed E-state index contributed by atoms with van der Waals surface area (Å²) < 4.78 is 0. The standard InChI is InChI=1S/C7H5N3O2.Ag/c11-7(12)4-2-1-3-5-6(4)9-10-8-5;/h1-3H,(H,11,12)(H,8,9,10);/q;+1/p-1. The second kappa shape index (κ2) is 3.69. The van der Waals surface area contributed by atoms with E-state index in [-0.39, 0.29) is 27.9 Å². The third-order valence-electron chi connectivity index (χ3n) is 1.58. The van der Waals surface area contributed by atoms with Crippen LogP contribution in [0.5, 0.6) is 0 Å². The molecule has 2 rings (SSSR count). The van der Waals surface area contributed by atoms with Gasteiger partial charge in [0.1, 0.15) is 5.52 Å². The Bertz CT molecular complexity index is 440. The number of nitrogens with one attached hydrogen (secondary N) is 1. The number of carboxylic acids is 1. The molecule has 0 saturated heterocycles. The van der Waals surface area contributed by atoms with Crippen molar-refractivity contribution in [2.24, 2.45) is 0 Å². The maximum absolute atomic E-state index is 10.5. The molecule has 0 radical (unpaired) electrons. The molecule has 0 aliphatic heterocycles. The van der Waals surface area contributed by atoms with Crippen LogP contribution in [0.25, 0.3) is 11.0 Å². The Balaban J connectivity index is 0.000000845. The number of carbonyl (C=O) groups excluding carboxylic acids is 1. The van der Waals surface area contributed by atoms with Gasteiger partial charge in [0.15, 0.2) is 0 Å². The number of aromatic nitrogens is 3. The fourth-order valence-corrected chi connectivity index (χ4v) is 1.04. The fraction of sp³-hybridized carbons (Fsp3) is 0. The predicted molar refractivity (Wildman–Crippen MR) is 38.2 cm³/mol. The van der Waals surface area contributed by atoms with E-state index < -0.39 is 5.97 Å². The molecule has 0 atom stereocenters. The van der Waals surface area contributed by atoms with Crippen LogP contribution in [0.3, 0.4) is 0 Å². The molecule has 70 valence electrons. The van der Waals surface area contributed by atoms with E-state index in [9.17, 15) is 9.90 Å². The van der Waals surface area contributed by atoms with E-state index in [2.05, 4.69) is 15.4 Å². The molecule has 0 aliphatic rings. The summed E-state index contributed by atoms with van der Waals surface area (Å²) in [6, 6.07) is 4.73. The molecule has 13 heavy (non-hydrogen) atoms. The van der Waals surface area contributed by atoms with Crippen molar-refractivity contribution in [3.63, 3.8) is 0 Å². The van der Waals surface area contributed by atoms with Crippen molar-refractivity contribution in [2.45, 2.75) is 0 Å². The normalized spacial score (nSPS) is 9.54. The molecule has 5 nitrogen and oxygen atoms in total. The van der Waals surface area contributed by atoms with Crippen LogP contribution in [0, 0.1) is 0 Å². The number of aromatic amines is 1. The van der Waals surface area contributed by atoms with E-state index in [4.69, 9.17) is 0 Å². The molecule has 1 aromatic heterocycles. The average Bonchev–Trinajstić information content (AvgIpc) is 2.49. The van der Waals surface area contributed by atoms with E-state index in [1.54, 1.807) is 12.1 Å². The van der Waals surface area contributed by atoms with E-state index in [1.807, 2.05) is 0 Å². The minimum absolute atomic E-state index is 0. The zero-order chi connectivity index (χ0) is 8.55. The number of hydrogen-bond acceptors (Lipinski definition) is 4. The Morgan fingerprint density at radius 2 is 2.23 bits per heavy atom. The summed E-state index contributed by atoms with van der Waals surface area (Å²) in [4.78, 5) is 10.5. The smallest absolute Gasteiger partial charge is 0.545 e. The quantitative estimate of drug-likeness (QED) is 0.696. The van der Waals surface area contributed by atoms with Crippen molar-refractivity contribution in [3.8, 4) is 0 Å². The van der Waals surface area contributed by atoms with Gasteiger partial charge in [-0.15, -0.1) is 5.10 Å². The Morgan fingerprint density at radius 1 is 1.46 bits per heavy atom. The van der Waals surface area contributed by atoms with Crippen LogP contribution in [0.4, 0.5) is 0 Å². The van der Waals surface area contributed by atoms with Gasteiger partial charge in [0.25, 0.3) is 0 Å². The summed E-state index contributed by atoms with van der Waals surface area (Å²) in [7, 11) is 0. The molecule has 0 fully saturated rings. The van der Waals surface area contributed by atoms with Gasteiger partial charge >= 0.3 is 22.4 Å². The van der Waals surface area contributed by atoms with Gasteiger partial charge < -0.3 is 9.90 Å². The van der Waals surface area contributed by atoms with Gasteiger partial charge in [-0.3, -0.25) is 5.10 Å². The molecular weight excluding hydrogens is 266 g/mol. The van der Waals surface area contributed by atoms with Gasteiger partial charge in [-0.25, -0.2) is 0 Å². The van der Waals surface area contributed by atoms with E-state index >= 15 is 0 Å². The minimum atomic E-state index is -1.24. The van der Waals surface area contributed by atoms with Crippen molar-refractivity contribution >= 4 is 17.0 Å². The van der Waals surface area contributed by atoms with Crippen molar-refractivity contribution in [1.82, 2.24) is 15.4 Å². The summed E-state index contributed by atoms with van der Waals surface area (Å²) in [6.45, 7) is 0. The van der Waals surface area contributed by atoms with E-state index in [0.29, 0.717) is 11.0 Å². The van der Waals surface area contributed by atoms with Crippen LogP contribution in [-0.2, 0) is 22.4 Å². The van der Waals surface area contributed by atoms with Crippen LogP contribution in [-0.4, -0.2) is 21.4 Å². The first kappa shape index (κ1) is 9.91. The summed E-state index contributed by atoms with van der Waals surface area (Å²) in [5.74, 6) is -1.24. The van der Waals surface area contributed by atoms with Crippen LogP contribution in [0.15, 0.2) is 18.2 Å². The molecule has 0 aliphatic carbocycles. The largest absolute Gasteiger partial charge is 1.00 e. The van der Waals surface area contributed by atoms with E-state index in [1.165, 1.54) is 6.07 Å². The molecule has 0 unspecified atom stereocenters. The summed E-state index contributed by atoms with van der Waals surface area (Å²) in [5.41, 5.74) is 0.982. The number of aromatic carboxylic acids is 1. The van der Waals surface area contributed by atoms with Gasteiger partial charge in [0, 0.05) is 5.56 Å². The molecule has 2 aromatic rings. The van der Waals surface area contributed by atoms with Crippen LogP contribution >= 0.6 is 0 Å². The minimum Gasteiger partial charge on any atom is -0.545 e. The topological polar surface area (TPSA) is 81.7 Å². The number of H-pyrrole nitrogens is 1. The first-order chi connectivity index (χ1) is 5.79. The zero-order valence-corrected chi connectivity index (χ0v) is 7.73. The predicted octanol–water partition coefficient (Wildman–Crippen LogP) is -0.681. The number of carbonyl (C=O) groups is 1. The molecule has 1 heterocycles. The molecule has 1 N–H and O–H groups in total. The number of benzene rings is 1.